The van der Waals surface area contributed by atoms with Gasteiger partial charge in [0.05, 0.1) is 18.2 Å². The van der Waals surface area contributed by atoms with Gasteiger partial charge in [0.15, 0.2) is 0 Å². The zero-order valence-electron chi connectivity index (χ0n) is 10.7. The molecule has 2 heterocycles. The molecule has 19 heavy (non-hydrogen) atoms. The van der Waals surface area contributed by atoms with Crippen molar-refractivity contribution in [2.45, 2.75) is 32.0 Å². The van der Waals surface area contributed by atoms with E-state index in [1.165, 1.54) is 12.1 Å². The predicted molar refractivity (Wildman–Crippen MR) is 69.2 cm³/mol. The fourth-order valence-electron chi connectivity index (χ4n) is 2.52. The summed E-state index contributed by atoms with van der Waals surface area (Å²) in [5, 5.41) is 0. The van der Waals surface area contributed by atoms with E-state index < -0.39 is 0 Å². The van der Waals surface area contributed by atoms with Crippen molar-refractivity contribution in [3.63, 3.8) is 0 Å². The monoisotopic (exact) mass is 261 g/mol. The number of nitrogens with two attached hydrogens (primary N) is 1. The Morgan fingerprint density at radius 1 is 1.53 bits per heavy atom. The lowest BCUT2D eigenvalue weighted by atomic mass is 9.96. The smallest absolute Gasteiger partial charge is 0.142 e. The molecule has 0 bridgehead atoms. The van der Waals surface area contributed by atoms with Crippen LogP contribution in [0.25, 0.3) is 0 Å². The minimum Gasteiger partial charge on any atom is -0.484 e. The molecule has 2 atom stereocenters. The summed E-state index contributed by atoms with van der Waals surface area (Å²) in [6.07, 6.45) is 4.05. The molecule has 0 saturated carbocycles. The number of benzene rings is 1. The van der Waals surface area contributed by atoms with E-state index >= 15 is 0 Å². The Labute approximate surface area is 111 Å². The Kier molecular flexibility index (Phi) is 2.98. The maximum absolute atomic E-state index is 13.3. The van der Waals surface area contributed by atoms with Gasteiger partial charge in [-0.2, -0.15) is 0 Å². The molecule has 2 aromatic rings. The first-order valence-corrected chi connectivity index (χ1v) is 6.40. The lowest BCUT2D eigenvalue weighted by Gasteiger charge is -2.30. The van der Waals surface area contributed by atoms with E-state index in [1.807, 2.05) is 11.5 Å². The molecule has 0 saturated heterocycles. The van der Waals surface area contributed by atoms with Crippen molar-refractivity contribution >= 4 is 0 Å². The second-order valence-corrected chi connectivity index (χ2v) is 4.74. The van der Waals surface area contributed by atoms with Crippen LogP contribution in [0.15, 0.2) is 30.7 Å². The summed E-state index contributed by atoms with van der Waals surface area (Å²) >= 11 is 0. The van der Waals surface area contributed by atoms with Gasteiger partial charge in [0.25, 0.3) is 0 Å². The summed E-state index contributed by atoms with van der Waals surface area (Å²) in [5.74, 6) is 0.225. The standard InChI is InChI=1S/C14H16FN3O/c1-2-18-8-17-7-12(18)14-6-11(16)10-4-3-9(15)5-13(10)19-14/h3-5,7-8,11,14H,2,6,16H2,1H3/t11-,14?/m1/s1. The first kappa shape index (κ1) is 12.2. The van der Waals surface area contributed by atoms with Crippen LogP contribution in [0, 0.1) is 5.82 Å². The number of hydrogen-bond acceptors (Lipinski definition) is 3. The quantitative estimate of drug-likeness (QED) is 0.904. The molecule has 0 aliphatic carbocycles. The number of halogens is 1. The van der Waals surface area contributed by atoms with E-state index in [2.05, 4.69) is 4.98 Å². The van der Waals surface area contributed by atoms with Gasteiger partial charge in [-0.3, -0.25) is 0 Å². The number of nitrogens with zero attached hydrogens (tertiary/aromatic N) is 2. The van der Waals surface area contributed by atoms with E-state index in [0.29, 0.717) is 12.2 Å². The second-order valence-electron chi connectivity index (χ2n) is 4.74. The van der Waals surface area contributed by atoms with E-state index in [4.69, 9.17) is 10.5 Å². The van der Waals surface area contributed by atoms with Crippen molar-refractivity contribution in [3.05, 3.63) is 47.8 Å². The van der Waals surface area contributed by atoms with Crippen molar-refractivity contribution < 1.29 is 9.13 Å². The normalized spacial score (nSPS) is 21.8. The van der Waals surface area contributed by atoms with Crippen LogP contribution in [-0.2, 0) is 6.54 Å². The van der Waals surface area contributed by atoms with Crippen LogP contribution in [0.1, 0.15) is 36.7 Å². The van der Waals surface area contributed by atoms with Crippen LogP contribution < -0.4 is 10.5 Å². The Bertz CT molecular complexity index is 596. The summed E-state index contributed by atoms with van der Waals surface area (Å²) < 4.78 is 21.2. The van der Waals surface area contributed by atoms with Crippen molar-refractivity contribution in [2.75, 3.05) is 0 Å². The highest BCUT2D eigenvalue weighted by Crippen LogP contribution is 2.39. The Balaban J connectivity index is 1.96. The number of hydrogen-bond donors (Lipinski definition) is 1. The first-order valence-electron chi connectivity index (χ1n) is 6.40. The van der Waals surface area contributed by atoms with Gasteiger partial charge in [-0.25, -0.2) is 9.37 Å². The molecule has 2 N–H and O–H groups in total. The molecule has 1 unspecified atom stereocenters. The van der Waals surface area contributed by atoms with E-state index in [9.17, 15) is 4.39 Å². The minimum atomic E-state index is -0.310. The lowest BCUT2D eigenvalue weighted by molar-refractivity contribution is 0.152. The number of ether oxygens (including phenoxy) is 1. The number of imidazole rings is 1. The fourth-order valence-corrected chi connectivity index (χ4v) is 2.52. The van der Waals surface area contributed by atoms with Gasteiger partial charge in [-0.05, 0) is 13.0 Å². The maximum atomic E-state index is 13.3. The van der Waals surface area contributed by atoms with Gasteiger partial charge in [-0.1, -0.05) is 6.07 Å². The summed E-state index contributed by atoms with van der Waals surface area (Å²) in [5.41, 5.74) is 7.99. The Hall–Kier alpha value is -1.88. The molecular weight excluding hydrogens is 245 g/mol. The van der Waals surface area contributed by atoms with Gasteiger partial charge in [0, 0.05) is 30.6 Å². The molecule has 1 aliphatic rings. The van der Waals surface area contributed by atoms with E-state index in [-0.39, 0.29) is 18.0 Å². The molecular formula is C14H16FN3O. The largest absolute Gasteiger partial charge is 0.484 e. The van der Waals surface area contributed by atoms with Gasteiger partial charge >= 0.3 is 0 Å². The van der Waals surface area contributed by atoms with Crippen molar-refractivity contribution in [1.29, 1.82) is 0 Å². The fraction of sp³-hybridized carbons (Fsp3) is 0.357. The van der Waals surface area contributed by atoms with Crippen LogP contribution in [0.2, 0.25) is 0 Å². The van der Waals surface area contributed by atoms with Crippen LogP contribution in [0.3, 0.4) is 0 Å². The number of fused-ring (bicyclic) bond motifs is 1. The highest BCUT2D eigenvalue weighted by molar-refractivity contribution is 5.39. The average molecular weight is 261 g/mol. The molecule has 4 nitrogen and oxygen atoms in total. The molecule has 5 heteroatoms. The van der Waals surface area contributed by atoms with Gasteiger partial charge in [-0.15, -0.1) is 0 Å². The lowest BCUT2D eigenvalue weighted by Crippen LogP contribution is -2.25. The molecule has 0 fully saturated rings. The van der Waals surface area contributed by atoms with Crippen LogP contribution in [0.4, 0.5) is 4.39 Å². The highest BCUT2D eigenvalue weighted by atomic mass is 19.1. The molecule has 1 aromatic heterocycles. The van der Waals surface area contributed by atoms with Crippen LogP contribution in [0.5, 0.6) is 5.75 Å². The SMILES string of the molecule is CCn1cncc1C1C[C@@H](N)c2ccc(F)cc2O1. The number of rotatable bonds is 2. The van der Waals surface area contributed by atoms with Crippen LogP contribution in [-0.4, -0.2) is 9.55 Å². The summed E-state index contributed by atoms with van der Waals surface area (Å²) in [6.45, 7) is 2.86. The Morgan fingerprint density at radius 3 is 3.16 bits per heavy atom. The Morgan fingerprint density at radius 2 is 2.37 bits per heavy atom. The maximum Gasteiger partial charge on any atom is 0.142 e. The molecule has 0 radical (unpaired) electrons. The summed E-state index contributed by atoms with van der Waals surface area (Å²) in [6, 6.07) is 4.37. The topological polar surface area (TPSA) is 53.1 Å². The predicted octanol–water partition coefficient (Wildman–Crippen LogP) is 2.57. The van der Waals surface area contributed by atoms with Gasteiger partial charge < -0.3 is 15.0 Å². The molecule has 0 spiro atoms. The molecule has 0 amide bonds. The first-order chi connectivity index (χ1) is 9.19. The van der Waals surface area contributed by atoms with Crippen molar-refractivity contribution in [3.8, 4) is 5.75 Å². The number of aryl methyl sites for hydroxylation is 1. The van der Waals surface area contributed by atoms with Gasteiger partial charge in [0.2, 0.25) is 0 Å². The van der Waals surface area contributed by atoms with Crippen molar-refractivity contribution in [1.82, 2.24) is 9.55 Å². The molecule has 1 aromatic carbocycles. The third-order valence-electron chi connectivity index (χ3n) is 3.53. The van der Waals surface area contributed by atoms with E-state index in [0.717, 1.165) is 17.8 Å². The molecule has 1 aliphatic heterocycles. The summed E-state index contributed by atoms with van der Waals surface area (Å²) in [4.78, 5) is 4.13. The number of aromatic nitrogens is 2. The zero-order chi connectivity index (χ0) is 13.4. The third kappa shape index (κ3) is 2.10. The molecule has 3 rings (SSSR count). The minimum absolute atomic E-state index is 0.144. The third-order valence-corrected chi connectivity index (χ3v) is 3.53. The average Bonchev–Trinajstić information content (AvgIpc) is 2.86. The highest BCUT2D eigenvalue weighted by Gasteiger charge is 2.29. The van der Waals surface area contributed by atoms with Gasteiger partial charge in [0.1, 0.15) is 17.7 Å². The second kappa shape index (κ2) is 4.66. The zero-order valence-corrected chi connectivity index (χ0v) is 10.7. The van der Waals surface area contributed by atoms with Crippen molar-refractivity contribution in [2.24, 2.45) is 5.73 Å². The van der Waals surface area contributed by atoms with E-state index in [1.54, 1.807) is 18.6 Å². The molecule has 100 valence electrons. The van der Waals surface area contributed by atoms with Crippen LogP contribution >= 0.6 is 0 Å². The summed E-state index contributed by atoms with van der Waals surface area (Å²) in [7, 11) is 0.